The Kier molecular flexibility index (Phi) is 10.9. The van der Waals surface area contributed by atoms with E-state index in [0.717, 1.165) is 25.8 Å². The van der Waals surface area contributed by atoms with Crippen molar-refractivity contribution in [3.63, 3.8) is 0 Å². The number of nitrogens with zero attached hydrogens (tertiary/aromatic N) is 4. The van der Waals surface area contributed by atoms with E-state index in [-0.39, 0.29) is 6.15 Å². The third kappa shape index (κ3) is 8.27. The molecule has 2 aromatic carbocycles. The summed E-state index contributed by atoms with van der Waals surface area (Å²) >= 11 is 0. The van der Waals surface area contributed by atoms with Crippen molar-refractivity contribution in [2.75, 3.05) is 6.67 Å². The quantitative estimate of drug-likeness (QED) is 0.376. The highest BCUT2D eigenvalue weighted by Gasteiger charge is 2.16. The number of rotatable bonds is 9. The van der Waals surface area contributed by atoms with Gasteiger partial charge in [0.2, 0.25) is 0 Å². The fraction of sp³-hybridized carbons (Fsp3) is 0.350. The Morgan fingerprint density at radius 3 is 2.08 bits per heavy atom. The van der Waals surface area contributed by atoms with Crippen molar-refractivity contribution in [3.05, 3.63) is 82.2 Å². The van der Waals surface area contributed by atoms with Gasteiger partial charge in [-0.2, -0.15) is 9.59 Å². The SMILES string of the molecule is CC[C@H](CCc1ccccc1)N(CN=[N+]=[N-])Cc1ccccc1.O=C=O. The van der Waals surface area contributed by atoms with Crippen LogP contribution in [-0.2, 0) is 22.6 Å². The lowest BCUT2D eigenvalue weighted by atomic mass is 10.0. The molecule has 6 heteroatoms. The van der Waals surface area contributed by atoms with Crippen LogP contribution in [0.15, 0.2) is 65.8 Å². The first-order chi connectivity index (χ1) is 12.7. The topological polar surface area (TPSA) is 86.1 Å². The second kappa shape index (κ2) is 13.4. The standard InChI is InChI=1S/C19H24N4.CO2/c1-2-19(14-13-17-9-5-3-6-10-17)23(16-21-22-20)15-18-11-7-4-8-12-18;2-1-3/h3-12,19H,2,13-16H2,1H3;/t19-;/m1./s1. The highest BCUT2D eigenvalue weighted by atomic mass is 16.2. The van der Waals surface area contributed by atoms with Crippen LogP contribution in [-0.4, -0.2) is 23.8 Å². The molecular weight excluding hydrogens is 328 g/mol. The summed E-state index contributed by atoms with van der Waals surface area (Å²) in [5.74, 6) is 0. The lowest BCUT2D eigenvalue weighted by molar-refractivity contribution is -0.191. The number of carbonyl (C=O) groups excluding carboxylic acids is 2. The van der Waals surface area contributed by atoms with Gasteiger partial charge in [0.15, 0.2) is 0 Å². The van der Waals surface area contributed by atoms with Crippen molar-refractivity contribution in [3.8, 4) is 0 Å². The summed E-state index contributed by atoms with van der Waals surface area (Å²) in [6, 6.07) is 21.3. The van der Waals surface area contributed by atoms with Crippen molar-refractivity contribution in [2.24, 2.45) is 5.11 Å². The van der Waals surface area contributed by atoms with E-state index in [1.807, 2.05) is 24.3 Å². The molecule has 1 atom stereocenters. The first-order valence-corrected chi connectivity index (χ1v) is 8.57. The molecule has 0 bridgehead atoms. The minimum absolute atomic E-state index is 0.250. The van der Waals surface area contributed by atoms with Crippen LogP contribution in [0.2, 0.25) is 0 Å². The lowest BCUT2D eigenvalue weighted by Gasteiger charge is -2.30. The van der Waals surface area contributed by atoms with Crippen LogP contribution < -0.4 is 0 Å². The second-order valence-electron chi connectivity index (χ2n) is 5.77. The Morgan fingerprint density at radius 2 is 1.58 bits per heavy atom. The fourth-order valence-corrected chi connectivity index (χ4v) is 2.84. The summed E-state index contributed by atoms with van der Waals surface area (Å²) in [7, 11) is 0. The van der Waals surface area contributed by atoms with E-state index < -0.39 is 0 Å². The van der Waals surface area contributed by atoms with Crippen LogP contribution in [0.3, 0.4) is 0 Å². The molecule has 0 radical (unpaired) electrons. The molecule has 0 heterocycles. The smallest absolute Gasteiger partial charge is 0.290 e. The van der Waals surface area contributed by atoms with E-state index in [2.05, 4.69) is 58.2 Å². The second-order valence-corrected chi connectivity index (χ2v) is 5.77. The maximum atomic E-state index is 8.68. The molecule has 0 saturated carbocycles. The normalized spacial score (nSPS) is 10.8. The average molecular weight is 352 g/mol. The molecule has 0 aliphatic rings. The van der Waals surface area contributed by atoms with Gasteiger partial charge in [-0.1, -0.05) is 72.7 Å². The minimum atomic E-state index is 0.250. The Morgan fingerprint density at radius 1 is 1.04 bits per heavy atom. The summed E-state index contributed by atoms with van der Waals surface area (Å²) in [5.41, 5.74) is 11.3. The lowest BCUT2D eigenvalue weighted by Crippen LogP contribution is -2.35. The van der Waals surface area contributed by atoms with E-state index in [1.165, 1.54) is 11.1 Å². The van der Waals surface area contributed by atoms with Crippen LogP contribution in [0.4, 0.5) is 0 Å². The van der Waals surface area contributed by atoms with Crippen LogP contribution in [0.25, 0.3) is 10.4 Å². The Bertz CT molecular complexity index is 694. The first-order valence-electron chi connectivity index (χ1n) is 8.57. The zero-order valence-corrected chi connectivity index (χ0v) is 15.0. The molecule has 0 spiro atoms. The van der Waals surface area contributed by atoms with Gasteiger partial charge in [0, 0.05) is 17.5 Å². The maximum absolute atomic E-state index is 8.68. The molecule has 0 fully saturated rings. The average Bonchev–Trinajstić information content (AvgIpc) is 2.68. The predicted molar refractivity (Wildman–Crippen MR) is 99.8 cm³/mol. The molecule has 0 N–H and O–H groups in total. The summed E-state index contributed by atoms with van der Waals surface area (Å²) in [4.78, 5) is 21.5. The Hall–Kier alpha value is -2.91. The third-order valence-electron chi connectivity index (χ3n) is 4.13. The monoisotopic (exact) mass is 352 g/mol. The maximum Gasteiger partial charge on any atom is 0.373 e. The van der Waals surface area contributed by atoms with Gasteiger partial charge in [0.1, 0.15) is 0 Å². The molecule has 0 aromatic heterocycles. The molecule has 136 valence electrons. The summed E-state index contributed by atoms with van der Waals surface area (Å²) in [6.45, 7) is 3.43. The number of hydrogen-bond acceptors (Lipinski definition) is 4. The fourth-order valence-electron chi connectivity index (χ4n) is 2.84. The van der Waals surface area contributed by atoms with Gasteiger partial charge in [0.05, 0.1) is 6.67 Å². The molecule has 2 aromatic rings. The number of aryl methyl sites for hydroxylation is 1. The Labute approximate surface area is 154 Å². The highest BCUT2D eigenvalue weighted by Crippen LogP contribution is 2.16. The van der Waals surface area contributed by atoms with Gasteiger partial charge in [0.25, 0.3) is 0 Å². The molecule has 6 nitrogen and oxygen atoms in total. The van der Waals surface area contributed by atoms with Gasteiger partial charge in [-0.25, -0.2) is 0 Å². The van der Waals surface area contributed by atoms with Crippen LogP contribution >= 0.6 is 0 Å². The molecule has 0 aliphatic heterocycles. The first kappa shape index (κ1) is 21.1. The Balaban J connectivity index is 0.00000105. The van der Waals surface area contributed by atoms with E-state index >= 15 is 0 Å². The molecule has 0 unspecified atom stereocenters. The molecule has 0 saturated heterocycles. The van der Waals surface area contributed by atoms with Gasteiger partial charge >= 0.3 is 6.15 Å². The van der Waals surface area contributed by atoms with Crippen molar-refractivity contribution >= 4 is 6.15 Å². The number of benzene rings is 2. The van der Waals surface area contributed by atoms with Crippen LogP contribution in [0, 0.1) is 0 Å². The molecule has 26 heavy (non-hydrogen) atoms. The van der Waals surface area contributed by atoms with Crippen LogP contribution in [0.1, 0.15) is 30.9 Å². The van der Waals surface area contributed by atoms with Gasteiger partial charge in [-0.3, -0.25) is 4.90 Å². The van der Waals surface area contributed by atoms with E-state index in [1.54, 1.807) is 0 Å². The minimum Gasteiger partial charge on any atom is -0.290 e. The van der Waals surface area contributed by atoms with Gasteiger partial charge in [-0.05, 0) is 35.9 Å². The highest BCUT2D eigenvalue weighted by molar-refractivity contribution is 5.20. The van der Waals surface area contributed by atoms with Crippen LogP contribution in [0.5, 0.6) is 0 Å². The zero-order valence-electron chi connectivity index (χ0n) is 15.0. The molecule has 0 aliphatic carbocycles. The van der Waals surface area contributed by atoms with E-state index in [9.17, 15) is 0 Å². The van der Waals surface area contributed by atoms with Crippen molar-refractivity contribution in [1.82, 2.24) is 4.90 Å². The largest absolute Gasteiger partial charge is 0.373 e. The number of azide groups is 1. The van der Waals surface area contributed by atoms with Crippen molar-refractivity contribution < 1.29 is 9.59 Å². The molecular formula is C20H24N4O2. The number of hydrogen-bond donors (Lipinski definition) is 0. The van der Waals surface area contributed by atoms with Crippen molar-refractivity contribution in [1.29, 1.82) is 0 Å². The van der Waals surface area contributed by atoms with E-state index in [4.69, 9.17) is 15.1 Å². The van der Waals surface area contributed by atoms with Gasteiger partial charge in [-0.15, -0.1) is 0 Å². The third-order valence-corrected chi connectivity index (χ3v) is 4.13. The summed E-state index contributed by atoms with van der Waals surface area (Å²) in [5, 5.41) is 3.80. The predicted octanol–water partition coefficient (Wildman–Crippen LogP) is 4.58. The zero-order chi connectivity index (χ0) is 19.0. The van der Waals surface area contributed by atoms with E-state index in [0.29, 0.717) is 12.7 Å². The van der Waals surface area contributed by atoms with Gasteiger partial charge < -0.3 is 0 Å². The molecule has 0 amide bonds. The summed E-state index contributed by atoms with van der Waals surface area (Å²) in [6.07, 6.45) is 3.40. The molecule has 2 rings (SSSR count). The summed E-state index contributed by atoms with van der Waals surface area (Å²) < 4.78 is 0. The van der Waals surface area contributed by atoms with Crippen molar-refractivity contribution in [2.45, 2.75) is 38.8 Å².